The Morgan fingerprint density at radius 3 is 2.24 bits per heavy atom. The molecular weight excluding hydrogens is 436 g/mol. The van der Waals surface area contributed by atoms with Crippen LogP contribution in [0.4, 0.5) is 4.79 Å². The molecule has 3 aliphatic rings. The number of benzene rings is 2. The lowest BCUT2D eigenvalue weighted by Gasteiger charge is -2.23. The Hall–Kier alpha value is -3.39. The number of β-amino-alcohol motifs (C(OH)–C–C–N with tert-alkyl or cyclic N) is 1. The van der Waals surface area contributed by atoms with Crippen molar-refractivity contribution >= 4 is 18.0 Å². The molecule has 1 saturated carbocycles. The molecule has 2 atom stereocenters. The van der Waals surface area contributed by atoms with Gasteiger partial charge in [0.25, 0.3) is 0 Å². The molecule has 2 unspecified atom stereocenters. The van der Waals surface area contributed by atoms with Crippen LogP contribution in [0.5, 0.6) is 0 Å². The Labute approximate surface area is 197 Å². The minimum absolute atomic E-state index is 0.00196. The predicted octanol–water partition coefficient (Wildman–Crippen LogP) is 2.74. The van der Waals surface area contributed by atoms with Crippen LogP contribution in [0.25, 0.3) is 11.1 Å². The number of nitrogens with zero attached hydrogens (tertiary/aromatic N) is 1. The van der Waals surface area contributed by atoms with Gasteiger partial charge in [-0.05, 0) is 41.0 Å². The summed E-state index contributed by atoms with van der Waals surface area (Å²) in [7, 11) is 0. The van der Waals surface area contributed by atoms with E-state index in [0.717, 1.165) is 35.1 Å². The van der Waals surface area contributed by atoms with Crippen molar-refractivity contribution in [3.8, 4) is 11.1 Å². The van der Waals surface area contributed by atoms with Crippen molar-refractivity contribution in [1.82, 2.24) is 10.2 Å². The number of aliphatic carboxylic acids is 1. The van der Waals surface area contributed by atoms with Crippen molar-refractivity contribution in [2.75, 3.05) is 19.7 Å². The average Bonchev–Trinajstić information content (AvgIpc) is 3.52. The smallest absolute Gasteiger partial charge is 0.407 e. The van der Waals surface area contributed by atoms with Crippen LogP contribution < -0.4 is 5.32 Å². The van der Waals surface area contributed by atoms with E-state index in [1.54, 1.807) is 0 Å². The van der Waals surface area contributed by atoms with Gasteiger partial charge >= 0.3 is 12.1 Å². The normalized spacial score (nSPS) is 22.1. The van der Waals surface area contributed by atoms with Crippen LogP contribution in [-0.2, 0) is 14.3 Å². The van der Waals surface area contributed by atoms with E-state index in [4.69, 9.17) is 4.74 Å². The first-order valence-corrected chi connectivity index (χ1v) is 11.7. The molecule has 2 aliphatic carbocycles. The number of amides is 2. The second kappa shape index (κ2) is 8.76. The predicted molar refractivity (Wildman–Crippen MR) is 123 cm³/mol. The highest BCUT2D eigenvalue weighted by molar-refractivity contribution is 5.83. The van der Waals surface area contributed by atoms with Crippen LogP contribution in [0.2, 0.25) is 0 Å². The number of likely N-dealkylation sites (tertiary alicyclic amines) is 1. The minimum atomic E-state index is -1.90. The number of carboxylic acid groups (broad SMARTS) is 1. The van der Waals surface area contributed by atoms with Gasteiger partial charge in [0.2, 0.25) is 5.91 Å². The van der Waals surface area contributed by atoms with E-state index in [-0.39, 0.29) is 56.3 Å². The molecule has 0 radical (unpaired) electrons. The van der Waals surface area contributed by atoms with Crippen molar-refractivity contribution in [2.45, 2.75) is 43.2 Å². The Bertz CT molecular complexity index is 1080. The highest BCUT2D eigenvalue weighted by atomic mass is 16.5. The molecule has 178 valence electrons. The van der Waals surface area contributed by atoms with E-state index in [1.807, 2.05) is 24.3 Å². The fourth-order valence-corrected chi connectivity index (χ4v) is 5.12. The third kappa shape index (κ3) is 4.25. The quantitative estimate of drug-likeness (QED) is 0.580. The molecule has 1 aliphatic heterocycles. The topological polar surface area (TPSA) is 116 Å². The first-order valence-electron chi connectivity index (χ1n) is 11.7. The lowest BCUT2D eigenvalue weighted by Crippen LogP contribution is -2.45. The van der Waals surface area contributed by atoms with Gasteiger partial charge in [0.05, 0.1) is 6.54 Å². The Morgan fingerprint density at radius 2 is 1.68 bits per heavy atom. The van der Waals surface area contributed by atoms with Gasteiger partial charge in [0.15, 0.2) is 5.60 Å². The van der Waals surface area contributed by atoms with Gasteiger partial charge in [0, 0.05) is 31.3 Å². The van der Waals surface area contributed by atoms with Crippen molar-refractivity contribution in [3.63, 3.8) is 0 Å². The van der Waals surface area contributed by atoms with Crippen LogP contribution in [0.15, 0.2) is 48.5 Å². The molecule has 2 amide bonds. The summed E-state index contributed by atoms with van der Waals surface area (Å²) in [5.41, 5.74) is 2.67. The average molecular weight is 465 g/mol. The minimum Gasteiger partial charge on any atom is -0.479 e. The first kappa shape index (κ1) is 22.4. The van der Waals surface area contributed by atoms with Gasteiger partial charge in [-0.3, -0.25) is 4.79 Å². The summed E-state index contributed by atoms with van der Waals surface area (Å²) in [6.45, 7) is 0.149. The highest BCUT2D eigenvalue weighted by Gasteiger charge is 2.45. The van der Waals surface area contributed by atoms with Crippen molar-refractivity contribution < 1.29 is 29.3 Å². The number of hydrogen-bond donors (Lipinski definition) is 3. The van der Waals surface area contributed by atoms with E-state index < -0.39 is 17.7 Å². The number of ether oxygens (including phenoxy) is 1. The van der Waals surface area contributed by atoms with Crippen LogP contribution in [0.1, 0.15) is 42.7 Å². The van der Waals surface area contributed by atoms with Crippen LogP contribution in [-0.4, -0.2) is 64.4 Å². The molecule has 3 N–H and O–H groups in total. The molecule has 2 aromatic carbocycles. The SMILES string of the molecule is O=C(NC(CC(=O)N1CCC(O)(C(=O)O)C1)C1CC1)OCC1c2ccccc2-c2ccccc21. The van der Waals surface area contributed by atoms with E-state index in [2.05, 4.69) is 29.6 Å². The fraction of sp³-hybridized carbons (Fsp3) is 0.423. The Morgan fingerprint density at radius 1 is 1.06 bits per heavy atom. The molecule has 1 heterocycles. The van der Waals surface area contributed by atoms with Gasteiger partial charge in [-0.2, -0.15) is 0 Å². The van der Waals surface area contributed by atoms with E-state index >= 15 is 0 Å². The fourth-order valence-electron chi connectivity index (χ4n) is 5.12. The summed E-state index contributed by atoms with van der Waals surface area (Å²) in [4.78, 5) is 38.1. The number of nitrogens with one attached hydrogen (secondary N) is 1. The second-order valence-electron chi connectivity index (χ2n) is 9.52. The Balaban J connectivity index is 1.19. The molecule has 8 heteroatoms. The van der Waals surface area contributed by atoms with Crippen LogP contribution >= 0.6 is 0 Å². The first-order chi connectivity index (χ1) is 16.4. The molecule has 0 aromatic heterocycles. The molecular formula is C26H28N2O6. The number of carbonyl (C=O) groups excluding carboxylic acids is 2. The molecule has 5 rings (SSSR count). The lowest BCUT2D eigenvalue weighted by molar-refractivity contribution is -0.157. The molecule has 8 nitrogen and oxygen atoms in total. The molecule has 34 heavy (non-hydrogen) atoms. The van der Waals surface area contributed by atoms with E-state index in [9.17, 15) is 24.6 Å². The maximum absolute atomic E-state index is 12.8. The summed E-state index contributed by atoms with van der Waals surface area (Å²) < 4.78 is 5.63. The summed E-state index contributed by atoms with van der Waals surface area (Å²) in [6, 6.07) is 15.9. The number of alkyl carbamates (subject to hydrolysis) is 1. The molecule has 0 bridgehead atoms. The number of carbonyl (C=O) groups is 3. The zero-order valence-corrected chi connectivity index (χ0v) is 18.8. The zero-order chi connectivity index (χ0) is 23.9. The third-order valence-electron chi connectivity index (χ3n) is 7.23. The van der Waals surface area contributed by atoms with Gasteiger partial charge in [-0.25, -0.2) is 9.59 Å². The maximum atomic E-state index is 12.8. The summed E-state index contributed by atoms with van der Waals surface area (Å²) in [5, 5.41) is 22.2. The number of carboxylic acids is 1. The monoisotopic (exact) mass is 464 g/mol. The van der Waals surface area contributed by atoms with Gasteiger partial charge in [0.1, 0.15) is 6.61 Å². The zero-order valence-electron chi connectivity index (χ0n) is 18.8. The third-order valence-corrected chi connectivity index (χ3v) is 7.23. The highest BCUT2D eigenvalue weighted by Crippen LogP contribution is 2.44. The van der Waals surface area contributed by atoms with Gasteiger partial charge < -0.3 is 25.2 Å². The van der Waals surface area contributed by atoms with Crippen LogP contribution in [0.3, 0.4) is 0 Å². The number of hydrogen-bond acceptors (Lipinski definition) is 5. The number of fused-ring (bicyclic) bond motifs is 3. The summed E-state index contributed by atoms with van der Waals surface area (Å²) in [6.07, 6.45) is 1.34. The van der Waals surface area contributed by atoms with Gasteiger partial charge in [-0.15, -0.1) is 0 Å². The maximum Gasteiger partial charge on any atom is 0.407 e. The van der Waals surface area contributed by atoms with E-state index in [0.29, 0.717) is 0 Å². The summed E-state index contributed by atoms with van der Waals surface area (Å²) in [5.74, 6) is -1.44. The van der Waals surface area contributed by atoms with Crippen molar-refractivity contribution in [1.29, 1.82) is 0 Å². The summed E-state index contributed by atoms with van der Waals surface area (Å²) >= 11 is 0. The van der Waals surface area contributed by atoms with Crippen molar-refractivity contribution in [3.05, 3.63) is 59.7 Å². The van der Waals surface area contributed by atoms with Crippen molar-refractivity contribution in [2.24, 2.45) is 5.92 Å². The standard InChI is InChI=1S/C26H28N2O6/c29-23(28-12-11-26(33,15-28)24(30)31)13-22(16-9-10-16)27-25(32)34-14-21-19-7-3-1-5-17(19)18-6-2-4-8-20(18)21/h1-8,16,21-22,33H,9-15H2,(H,27,32)(H,30,31). The Kier molecular flexibility index (Phi) is 5.77. The van der Waals surface area contributed by atoms with Gasteiger partial charge in [-0.1, -0.05) is 48.5 Å². The largest absolute Gasteiger partial charge is 0.479 e. The molecule has 2 fully saturated rings. The molecule has 1 saturated heterocycles. The van der Waals surface area contributed by atoms with E-state index in [1.165, 1.54) is 4.90 Å². The second-order valence-corrected chi connectivity index (χ2v) is 9.52. The molecule has 2 aromatic rings. The number of rotatable bonds is 7. The van der Waals surface area contributed by atoms with Crippen LogP contribution in [0, 0.1) is 5.92 Å². The molecule has 0 spiro atoms. The number of aliphatic hydroxyl groups is 1. The lowest BCUT2D eigenvalue weighted by atomic mass is 9.98.